The molecule has 0 aromatic heterocycles. The smallest absolute Gasteiger partial charge is 0.416 e. The second kappa shape index (κ2) is 9.88. The molecule has 3 aromatic carbocycles. The number of benzene rings is 3. The minimum Gasteiger partial charge on any atom is -0.450 e. The third-order valence-corrected chi connectivity index (χ3v) is 6.30. The van der Waals surface area contributed by atoms with Gasteiger partial charge in [0.25, 0.3) is 5.91 Å². The van der Waals surface area contributed by atoms with Gasteiger partial charge in [0.15, 0.2) is 0 Å². The van der Waals surface area contributed by atoms with Crippen LogP contribution in [0.3, 0.4) is 0 Å². The Morgan fingerprint density at radius 3 is 2.49 bits per heavy atom. The van der Waals surface area contributed by atoms with Crippen molar-refractivity contribution in [3.05, 3.63) is 105 Å². The number of amides is 1. The number of carbonyl (C=O) groups excluding carboxylic acids is 1. The van der Waals surface area contributed by atoms with Crippen molar-refractivity contribution < 1.29 is 27.6 Å². The van der Waals surface area contributed by atoms with Crippen LogP contribution >= 0.6 is 24.0 Å². The summed E-state index contributed by atoms with van der Waals surface area (Å²) in [6.07, 6.45) is -3.12. The van der Waals surface area contributed by atoms with Gasteiger partial charge < -0.3 is 4.74 Å². The highest BCUT2D eigenvalue weighted by Crippen LogP contribution is 2.38. The van der Waals surface area contributed by atoms with Gasteiger partial charge in [-0.05, 0) is 41.5 Å². The molecule has 1 aliphatic rings. The van der Waals surface area contributed by atoms with E-state index in [0.29, 0.717) is 33.5 Å². The maximum Gasteiger partial charge on any atom is 0.416 e. The Bertz CT molecular complexity index is 1340. The standard InChI is InChI=1S/C24H15F3N2O4S2/c25-24(26,27)17-9-10-20(19(13-17)29(31)32)33-18-8-4-7-16(11-18)12-21-22(30)28(23(34)35-21)14-15-5-2-1-3-6-15/h1-13H,14H2/b21-12-. The fourth-order valence-electron chi connectivity index (χ4n) is 3.27. The van der Waals surface area contributed by atoms with Crippen LogP contribution in [0.4, 0.5) is 18.9 Å². The Morgan fingerprint density at radius 1 is 1.06 bits per heavy atom. The number of rotatable bonds is 6. The molecule has 11 heteroatoms. The van der Waals surface area contributed by atoms with Gasteiger partial charge in [-0.15, -0.1) is 0 Å². The SMILES string of the molecule is O=C1/C(=C/c2cccc(Oc3ccc(C(F)(F)F)cc3[N+](=O)[O-])c2)SC(=S)N1Cc1ccccc1. The molecule has 1 amide bonds. The number of nitro benzene ring substituents is 1. The van der Waals surface area contributed by atoms with Gasteiger partial charge in [0.2, 0.25) is 5.75 Å². The molecule has 0 spiro atoms. The summed E-state index contributed by atoms with van der Waals surface area (Å²) in [5.74, 6) is -0.441. The van der Waals surface area contributed by atoms with E-state index in [0.717, 1.165) is 23.4 Å². The fraction of sp³-hybridized carbons (Fsp3) is 0.0833. The van der Waals surface area contributed by atoms with Crippen molar-refractivity contribution in [3.8, 4) is 11.5 Å². The normalized spacial score (nSPS) is 15.1. The molecule has 3 aromatic rings. The van der Waals surface area contributed by atoms with Crippen LogP contribution in [0.2, 0.25) is 0 Å². The van der Waals surface area contributed by atoms with Crippen LogP contribution in [0, 0.1) is 10.1 Å². The Balaban J connectivity index is 1.56. The van der Waals surface area contributed by atoms with Crippen molar-refractivity contribution in [1.29, 1.82) is 0 Å². The molecular weight excluding hydrogens is 501 g/mol. The molecule has 35 heavy (non-hydrogen) atoms. The van der Waals surface area contributed by atoms with E-state index in [4.69, 9.17) is 17.0 Å². The van der Waals surface area contributed by atoms with Gasteiger partial charge >= 0.3 is 11.9 Å². The fourth-order valence-corrected chi connectivity index (χ4v) is 4.53. The zero-order valence-corrected chi connectivity index (χ0v) is 19.3. The first-order chi connectivity index (χ1) is 16.6. The molecule has 4 rings (SSSR count). The average molecular weight is 517 g/mol. The Hall–Kier alpha value is -3.70. The molecule has 0 atom stereocenters. The summed E-state index contributed by atoms with van der Waals surface area (Å²) in [4.78, 5) is 25.1. The summed E-state index contributed by atoms with van der Waals surface area (Å²) in [6.45, 7) is 0.337. The highest BCUT2D eigenvalue weighted by Gasteiger charge is 2.34. The number of alkyl halides is 3. The van der Waals surface area contributed by atoms with E-state index in [1.165, 1.54) is 17.0 Å². The quantitative estimate of drug-likeness (QED) is 0.155. The van der Waals surface area contributed by atoms with E-state index in [2.05, 4.69) is 0 Å². The maximum absolute atomic E-state index is 12.9. The number of hydrogen-bond donors (Lipinski definition) is 0. The van der Waals surface area contributed by atoms with Crippen molar-refractivity contribution >= 4 is 46.0 Å². The van der Waals surface area contributed by atoms with Gasteiger partial charge in [-0.25, -0.2) is 0 Å². The summed E-state index contributed by atoms with van der Waals surface area (Å²) in [6, 6.07) is 17.8. The van der Waals surface area contributed by atoms with Gasteiger partial charge in [-0.1, -0.05) is 66.4 Å². The first-order valence-corrected chi connectivity index (χ1v) is 11.3. The first kappa shape index (κ1) is 24.4. The topological polar surface area (TPSA) is 72.7 Å². The number of thiocarbonyl (C=S) groups is 1. The number of nitro groups is 1. The lowest BCUT2D eigenvalue weighted by Gasteiger charge is -2.14. The van der Waals surface area contributed by atoms with E-state index < -0.39 is 22.4 Å². The van der Waals surface area contributed by atoms with E-state index in [1.807, 2.05) is 30.3 Å². The summed E-state index contributed by atoms with van der Waals surface area (Å²) in [7, 11) is 0. The maximum atomic E-state index is 12.9. The third-order valence-electron chi connectivity index (χ3n) is 4.92. The van der Waals surface area contributed by atoms with Crippen molar-refractivity contribution in [3.63, 3.8) is 0 Å². The number of halogens is 3. The monoisotopic (exact) mass is 516 g/mol. The first-order valence-electron chi connectivity index (χ1n) is 10.0. The summed E-state index contributed by atoms with van der Waals surface area (Å²) in [5.41, 5.74) is -0.481. The second-order valence-corrected chi connectivity index (χ2v) is 9.04. The molecule has 0 unspecified atom stereocenters. The van der Waals surface area contributed by atoms with E-state index in [9.17, 15) is 28.1 Å². The second-order valence-electron chi connectivity index (χ2n) is 7.37. The zero-order valence-electron chi connectivity index (χ0n) is 17.7. The number of ether oxygens (including phenoxy) is 1. The molecule has 0 saturated carbocycles. The van der Waals surface area contributed by atoms with Crippen LogP contribution in [0.1, 0.15) is 16.7 Å². The molecular formula is C24H15F3N2O4S2. The lowest BCUT2D eigenvalue weighted by molar-refractivity contribution is -0.385. The van der Waals surface area contributed by atoms with Crippen LogP contribution in [0.15, 0.2) is 77.7 Å². The molecule has 0 bridgehead atoms. The summed E-state index contributed by atoms with van der Waals surface area (Å²) >= 11 is 6.50. The van der Waals surface area contributed by atoms with Gasteiger partial charge in [0.1, 0.15) is 10.1 Å². The largest absolute Gasteiger partial charge is 0.450 e. The highest BCUT2D eigenvalue weighted by molar-refractivity contribution is 8.26. The van der Waals surface area contributed by atoms with E-state index >= 15 is 0 Å². The third kappa shape index (κ3) is 5.69. The Labute approximate surface area is 207 Å². The minimum absolute atomic E-state index is 0.154. The molecule has 0 N–H and O–H groups in total. The number of nitrogens with zero attached hydrogens (tertiary/aromatic N) is 2. The van der Waals surface area contributed by atoms with Crippen LogP contribution in [-0.2, 0) is 17.5 Å². The highest BCUT2D eigenvalue weighted by atomic mass is 32.2. The molecule has 1 heterocycles. The molecule has 0 aliphatic carbocycles. The van der Waals surface area contributed by atoms with Gasteiger partial charge in [-0.3, -0.25) is 19.8 Å². The number of hydrogen-bond acceptors (Lipinski definition) is 6. The van der Waals surface area contributed by atoms with Crippen molar-refractivity contribution in [2.75, 3.05) is 0 Å². The predicted octanol–water partition coefficient (Wildman–Crippen LogP) is 6.81. The van der Waals surface area contributed by atoms with Gasteiger partial charge in [0.05, 0.1) is 21.9 Å². The number of carbonyl (C=O) groups is 1. The molecule has 1 aliphatic heterocycles. The summed E-state index contributed by atoms with van der Waals surface area (Å²) in [5, 5.41) is 11.3. The van der Waals surface area contributed by atoms with Gasteiger partial charge in [-0.2, -0.15) is 13.2 Å². The Kier molecular flexibility index (Phi) is 6.90. The van der Waals surface area contributed by atoms with E-state index in [-0.39, 0.29) is 17.4 Å². The summed E-state index contributed by atoms with van der Waals surface area (Å²) < 4.78 is 44.7. The molecule has 6 nitrogen and oxygen atoms in total. The van der Waals surface area contributed by atoms with Crippen LogP contribution in [0.5, 0.6) is 11.5 Å². The average Bonchev–Trinajstić information content (AvgIpc) is 3.06. The van der Waals surface area contributed by atoms with Crippen LogP contribution in [-0.4, -0.2) is 20.1 Å². The van der Waals surface area contributed by atoms with Crippen molar-refractivity contribution in [1.82, 2.24) is 4.90 Å². The van der Waals surface area contributed by atoms with E-state index in [1.54, 1.807) is 18.2 Å². The van der Waals surface area contributed by atoms with Crippen molar-refractivity contribution in [2.24, 2.45) is 0 Å². The lowest BCUT2D eigenvalue weighted by atomic mass is 10.1. The Morgan fingerprint density at radius 2 is 1.80 bits per heavy atom. The number of thioether (sulfide) groups is 1. The predicted molar refractivity (Wildman–Crippen MR) is 130 cm³/mol. The molecule has 0 radical (unpaired) electrons. The van der Waals surface area contributed by atoms with Crippen LogP contribution < -0.4 is 4.74 Å². The van der Waals surface area contributed by atoms with Crippen molar-refractivity contribution in [2.45, 2.75) is 12.7 Å². The minimum atomic E-state index is -4.73. The van der Waals surface area contributed by atoms with Crippen LogP contribution in [0.25, 0.3) is 6.08 Å². The van der Waals surface area contributed by atoms with Gasteiger partial charge in [0, 0.05) is 6.07 Å². The molecule has 178 valence electrons. The zero-order chi connectivity index (χ0) is 25.2. The lowest BCUT2D eigenvalue weighted by Crippen LogP contribution is -2.27. The molecule has 1 fully saturated rings. The molecule has 1 saturated heterocycles.